The van der Waals surface area contributed by atoms with Crippen LogP contribution >= 0.6 is 0 Å². The van der Waals surface area contributed by atoms with Gasteiger partial charge in [-0.2, -0.15) is 0 Å². The normalized spacial score (nSPS) is 14.4. The van der Waals surface area contributed by atoms with E-state index in [1.165, 1.54) is 6.07 Å². The molecule has 1 fully saturated rings. The van der Waals surface area contributed by atoms with Crippen molar-refractivity contribution >= 4 is 0 Å². The summed E-state index contributed by atoms with van der Waals surface area (Å²) in [6.45, 7) is 0.206. The van der Waals surface area contributed by atoms with Crippen molar-refractivity contribution in [1.82, 2.24) is 0 Å². The molecule has 19 heavy (non-hydrogen) atoms. The molecule has 0 amide bonds. The van der Waals surface area contributed by atoms with E-state index in [4.69, 9.17) is 10.5 Å². The minimum Gasteiger partial charge on any atom is -0.490 e. The van der Waals surface area contributed by atoms with Crippen molar-refractivity contribution in [2.45, 2.75) is 25.5 Å². The highest BCUT2D eigenvalue weighted by Crippen LogP contribution is 2.30. The van der Waals surface area contributed by atoms with Gasteiger partial charge in [-0.05, 0) is 48.2 Å². The van der Waals surface area contributed by atoms with E-state index in [9.17, 15) is 4.39 Å². The Hall–Kier alpha value is -1.87. The molecule has 2 N–H and O–H groups in total. The highest BCUT2D eigenvalue weighted by atomic mass is 19.1. The Kier molecular flexibility index (Phi) is 3.22. The standard InChI is InChI=1S/C16H16FNO/c17-16-7-4-12(8-13(16)10-18)11-2-1-3-15(9-11)19-14-5-6-14/h1-4,7-9,14H,5-6,10,18H2. The van der Waals surface area contributed by atoms with E-state index in [1.807, 2.05) is 24.3 Å². The van der Waals surface area contributed by atoms with E-state index in [0.717, 1.165) is 29.7 Å². The lowest BCUT2D eigenvalue weighted by Gasteiger charge is -2.08. The minimum absolute atomic E-state index is 0.206. The van der Waals surface area contributed by atoms with Crippen molar-refractivity contribution in [3.63, 3.8) is 0 Å². The highest BCUT2D eigenvalue weighted by Gasteiger charge is 2.23. The summed E-state index contributed by atoms with van der Waals surface area (Å²) in [6.07, 6.45) is 2.65. The maximum Gasteiger partial charge on any atom is 0.127 e. The molecule has 0 heterocycles. The van der Waals surface area contributed by atoms with Crippen molar-refractivity contribution in [1.29, 1.82) is 0 Å². The number of rotatable bonds is 4. The van der Waals surface area contributed by atoms with Gasteiger partial charge in [0.05, 0.1) is 6.10 Å². The summed E-state index contributed by atoms with van der Waals surface area (Å²) in [5.74, 6) is 0.621. The zero-order chi connectivity index (χ0) is 13.2. The molecule has 0 saturated heterocycles. The molecule has 0 unspecified atom stereocenters. The molecule has 0 bridgehead atoms. The number of benzene rings is 2. The molecule has 2 aromatic carbocycles. The smallest absolute Gasteiger partial charge is 0.127 e. The maximum atomic E-state index is 13.4. The molecule has 2 aromatic rings. The molecule has 0 spiro atoms. The van der Waals surface area contributed by atoms with Gasteiger partial charge in [-0.15, -0.1) is 0 Å². The fourth-order valence-electron chi connectivity index (χ4n) is 2.04. The minimum atomic E-state index is -0.253. The van der Waals surface area contributed by atoms with Gasteiger partial charge in [0.25, 0.3) is 0 Å². The Morgan fingerprint density at radius 2 is 1.89 bits per heavy atom. The first-order chi connectivity index (χ1) is 9.26. The molecule has 0 atom stereocenters. The molecule has 0 aliphatic heterocycles. The summed E-state index contributed by atoms with van der Waals surface area (Å²) in [6, 6.07) is 12.9. The SMILES string of the molecule is NCc1cc(-c2cccc(OC3CC3)c2)ccc1F. The molecule has 2 nitrogen and oxygen atoms in total. The van der Waals surface area contributed by atoms with Gasteiger partial charge in [0.2, 0.25) is 0 Å². The molecule has 1 aliphatic rings. The van der Waals surface area contributed by atoms with Crippen LogP contribution in [0.4, 0.5) is 4.39 Å². The number of halogens is 1. The second-order valence-corrected chi connectivity index (χ2v) is 4.86. The van der Waals surface area contributed by atoms with Crippen LogP contribution in [0.15, 0.2) is 42.5 Å². The van der Waals surface area contributed by atoms with Crippen molar-refractivity contribution < 1.29 is 9.13 Å². The predicted molar refractivity (Wildman–Crippen MR) is 73.4 cm³/mol. The zero-order valence-electron chi connectivity index (χ0n) is 10.6. The third kappa shape index (κ3) is 2.76. The van der Waals surface area contributed by atoms with Crippen LogP contribution in [0.1, 0.15) is 18.4 Å². The lowest BCUT2D eigenvalue weighted by molar-refractivity contribution is 0.303. The van der Waals surface area contributed by atoms with Gasteiger partial charge in [0, 0.05) is 12.1 Å². The van der Waals surface area contributed by atoms with E-state index in [1.54, 1.807) is 12.1 Å². The Morgan fingerprint density at radius 3 is 2.63 bits per heavy atom. The van der Waals surface area contributed by atoms with Crippen LogP contribution in [0.2, 0.25) is 0 Å². The second kappa shape index (κ2) is 5.02. The zero-order valence-corrected chi connectivity index (χ0v) is 10.6. The van der Waals surface area contributed by atoms with Crippen LogP contribution in [0, 0.1) is 5.82 Å². The molecule has 3 rings (SSSR count). The Bertz CT molecular complexity index is 593. The lowest BCUT2D eigenvalue weighted by Crippen LogP contribution is -2.00. The first-order valence-electron chi connectivity index (χ1n) is 6.52. The Balaban J connectivity index is 1.91. The average molecular weight is 257 g/mol. The van der Waals surface area contributed by atoms with Crippen LogP contribution in [0.3, 0.4) is 0 Å². The number of ether oxygens (including phenoxy) is 1. The first kappa shape index (κ1) is 12.2. The van der Waals surface area contributed by atoms with Crippen LogP contribution in [0.25, 0.3) is 11.1 Å². The van der Waals surface area contributed by atoms with E-state index < -0.39 is 0 Å². The van der Waals surface area contributed by atoms with Gasteiger partial charge in [0.1, 0.15) is 11.6 Å². The van der Waals surface area contributed by atoms with Crippen molar-refractivity contribution in [3.8, 4) is 16.9 Å². The van der Waals surface area contributed by atoms with Gasteiger partial charge in [-0.25, -0.2) is 4.39 Å². The van der Waals surface area contributed by atoms with Crippen LogP contribution < -0.4 is 10.5 Å². The predicted octanol–water partition coefficient (Wildman–Crippen LogP) is 3.49. The summed E-state index contributed by atoms with van der Waals surface area (Å²) >= 11 is 0. The van der Waals surface area contributed by atoms with E-state index in [0.29, 0.717) is 11.7 Å². The molecule has 0 aromatic heterocycles. The molecule has 1 aliphatic carbocycles. The van der Waals surface area contributed by atoms with Gasteiger partial charge in [0.15, 0.2) is 0 Å². The van der Waals surface area contributed by atoms with Crippen molar-refractivity contribution in [3.05, 3.63) is 53.8 Å². The maximum absolute atomic E-state index is 13.4. The molecular weight excluding hydrogens is 241 g/mol. The molecule has 3 heteroatoms. The highest BCUT2D eigenvalue weighted by molar-refractivity contribution is 5.65. The topological polar surface area (TPSA) is 35.2 Å². The van der Waals surface area contributed by atoms with E-state index >= 15 is 0 Å². The van der Waals surface area contributed by atoms with Crippen LogP contribution in [0.5, 0.6) is 5.75 Å². The molecule has 0 radical (unpaired) electrons. The summed E-state index contributed by atoms with van der Waals surface area (Å²) in [7, 11) is 0. The largest absolute Gasteiger partial charge is 0.490 e. The van der Waals surface area contributed by atoms with Crippen LogP contribution in [-0.4, -0.2) is 6.10 Å². The molecule has 98 valence electrons. The number of hydrogen-bond donors (Lipinski definition) is 1. The summed E-state index contributed by atoms with van der Waals surface area (Å²) in [5, 5.41) is 0. The van der Waals surface area contributed by atoms with Crippen molar-refractivity contribution in [2.75, 3.05) is 0 Å². The Morgan fingerprint density at radius 1 is 1.11 bits per heavy atom. The quantitative estimate of drug-likeness (QED) is 0.910. The monoisotopic (exact) mass is 257 g/mol. The van der Waals surface area contributed by atoms with E-state index in [-0.39, 0.29) is 12.4 Å². The summed E-state index contributed by atoms with van der Waals surface area (Å²) in [4.78, 5) is 0. The third-order valence-electron chi connectivity index (χ3n) is 3.26. The number of nitrogens with two attached hydrogens (primary N) is 1. The third-order valence-corrected chi connectivity index (χ3v) is 3.26. The Labute approximate surface area is 112 Å². The van der Waals surface area contributed by atoms with Crippen molar-refractivity contribution in [2.24, 2.45) is 5.73 Å². The molecular formula is C16H16FNO. The van der Waals surface area contributed by atoms with Gasteiger partial charge in [-0.3, -0.25) is 0 Å². The second-order valence-electron chi connectivity index (χ2n) is 4.86. The molecule has 1 saturated carbocycles. The lowest BCUT2D eigenvalue weighted by atomic mass is 10.0. The van der Waals surface area contributed by atoms with E-state index in [2.05, 4.69) is 0 Å². The fraction of sp³-hybridized carbons (Fsp3) is 0.250. The summed E-state index contributed by atoms with van der Waals surface area (Å²) < 4.78 is 19.2. The van der Waals surface area contributed by atoms with Gasteiger partial charge >= 0.3 is 0 Å². The van der Waals surface area contributed by atoms with Gasteiger partial charge < -0.3 is 10.5 Å². The number of hydrogen-bond acceptors (Lipinski definition) is 2. The first-order valence-corrected chi connectivity index (χ1v) is 6.52. The summed E-state index contributed by atoms with van der Waals surface area (Å²) in [5.41, 5.74) is 8.05. The van der Waals surface area contributed by atoms with Crippen LogP contribution in [-0.2, 0) is 6.54 Å². The average Bonchev–Trinajstić information content (AvgIpc) is 3.23. The van der Waals surface area contributed by atoms with Gasteiger partial charge in [-0.1, -0.05) is 18.2 Å². The fourth-order valence-corrected chi connectivity index (χ4v) is 2.04.